The number of alkyl halides is 1. The van der Waals surface area contributed by atoms with Gasteiger partial charge in [-0.05, 0) is 18.9 Å². The Hall–Kier alpha value is -0.800. The van der Waals surface area contributed by atoms with Crippen LogP contribution in [0.1, 0.15) is 31.2 Å². The van der Waals surface area contributed by atoms with E-state index in [9.17, 15) is 0 Å². The maximum atomic E-state index is 6.03. The molecule has 2 heterocycles. The molecule has 3 rings (SSSR count). The molecule has 1 saturated carbocycles. The van der Waals surface area contributed by atoms with Gasteiger partial charge in [0.1, 0.15) is 0 Å². The highest BCUT2D eigenvalue weighted by Crippen LogP contribution is 2.33. The summed E-state index contributed by atoms with van der Waals surface area (Å²) in [5.74, 6) is 0.526. The molecule has 1 aromatic heterocycles. The van der Waals surface area contributed by atoms with Crippen LogP contribution < -0.4 is 4.90 Å². The van der Waals surface area contributed by atoms with Crippen molar-refractivity contribution >= 4 is 17.3 Å². The van der Waals surface area contributed by atoms with Crippen molar-refractivity contribution in [2.75, 3.05) is 18.1 Å². The fraction of sp³-hybridized carbons (Fsp3) is 0.643. The summed E-state index contributed by atoms with van der Waals surface area (Å²) in [6, 6.07) is 2.62. The van der Waals surface area contributed by atoms with Crippen LogP contribution in [0.5, 0.6) is 0 Å². The minimum absolute atomic E-state index is 0.406. The molecule has 98 valence electrons. The van der Waals surface area contributed by atoms with Crippen LogP contribution in [0.15, 0.2) is 18.5 Å². The zero-order chi connectivity index (χ0) is 12.4. The number of nitrogens with zero attached hydrogens (tertiary/aromatic N) is 2. The highest BCUT2D eigenvalue weighted by atomic mass is 35.5. The van der Waals surface area contributed by atoms with Crippen LogP contribution >= 0.6 is 11.6 Å². The summed E-state index contributed by atoms with van der Waals surface area (Å²) in [4.78, 5) is 6.67. The van der Waals surface area contributed by atoms with E-state index in [0.29, 0.717) is 18.0 Å². The third kappa shape index (κ3) is 2.21. The molecule has 0 amide bonds. The van der Waals surface area contributed by atoms with E-state index in [1.807, 2.05) is 12.4 Å². The topological polar surface area (TPSA) is 25.4 Å². The Morgan fingerprint density at radius 3 is 3.17 bits per heavy atom. The third-order valence-corrected chi connectivity index (χ3v) is 4.35. The number of hydrogen-bond acceptors (Lipinski definition) is 3. The van der Waals surface area contributed by atoms with Crippen LogP contribution in [0.4, 0.5) is 5.69 Å². The molecular formula is C14H19ClN2O. The molecule has 2 atom stereocenters. The van der Waals surface area contributed by atoms with Crippen molar-refractivity contribution in [3.05, 3.63) is 24.0 Å². The minimum Gasteiger partial charge on any atom is -0.374 e. The quantitative estimate of drug-likeness (QED) is 0.770. The van der Waals surface area contributed by atoms with Gasteiger partial charge in [-0.25, -0.2) is 0 Å². The van der Waals surface area contributed by atoms with Crippen molar-refractivity contribution in [2.45, 2.75) is 43.7 Å². The summed E-state index contributed by atoms with van der Waals surface area (Å²) < 4.78 is 5.92. The first-order valence-corrected chi connectivity index (χ1v) is 7.30. The van der Waals surface area contributed by atoms with Gasteiger partial charge in [0.2, 0.25) is 0 Å². The Bertz CT molecular complexity index is 411. The van der Waals surface area contributed by atoms with Crippen LogP contribution in [0.2, 0.25) is 0 Å². The van der Waals surface area contributed by atoms with E-state index in [4.69, 9.17) is 16.3 Å². The summed E-state index contributed by atoms with van der Waals surface area (Å²) in [7, 11) is 0. The Morgan fingerprint density at radius 1 is 1.39 bits per heavy atom. The predicted octanol–water partition coefficient (Wildman–Crippen LogP) is 2.97. The van der Waals surface area contributed by atoms with E-state index in [1.54, 1.807) is 0 Å². The molecule has 1 aliphatic heterocycles. The summed E-state index contributed by atoms with van der Waals surface area (Å²) in [6.07, 6.45) is 9.19. The number of anilines is 1. The Morgan fingerprint density at radius 2 is 2.28 bits per heavy atom. The lowest BCUT2D eigenvalue weighted by Crippen LogP contribution is -2.53. The second-order valence-electron chi connectivity index (χ2n) is 5.09. The van der Waals surface area contributed by atoms with Crippen molar-refractivity contribution in [3.63, 3.8) is 0 Å². The number of rotatable bonds is 2. The van der Waals surface area contributed by atoms with Gasteiger partial charge >= 0.3 is 0 Å². The van der Waals surface area contributed by atoms with Gasteiger partial charge in [-0.15, -0.1) is 11.6 Å². The average molecular weight is 267 g/mol. The fourth-order valence-corrected chi connectivity index (χ4v) is 3.40. The Balaban J connectivity index is 1.89. The first-order valence-electron chi connectivity index (χ1n) is 6.77. The first-order chi connectivity index (χ1) is 8.90. The van der Waals surface area contributed by atoms with Gasteiger partial charge in [-0.1, -0.05) is 12.8 Å². The molecule has 3 nitrogen and oxygen atoms in total. The maximum Gasteiger partial charge on any atom is 0.0779 e. The standard InChI is InChI=1S/C14H19ClN2O/c15-9-11-10-16-6-5-12(11)17-7-8-18-14-4-2-1-3-13(14)17/h5-6,10,13-14H,1-4,7-9H2. The number of hydrogen-bond donors (Lipinski definition) is 0. The number of aromatic nitrogens is 1. The molecule has 0 bridgehead atoms. The summed E-state index contributed by atoms with van der Waals surface area (Å²) in [6.45, 7) is 1.79. The van der Waals surface area contributed by atoms with Gasteiger partial charge in [0.25, 0.3) is 0 Å². The van der Waals surface area contributed by atoms with E-state index in [0.717, 1.165) is 18.7 Å². The highest BCUT2D eigenvalue weighted by molar-refractivity contribution is 6.17. The maximum absolute atomic E-state index is 6.03. The van der Waals surface area contributed by atoms with Crippen molar-refractivity contribution < 1.29 is 4.74 Å². The zero-order valence-electron chi connectivity index (χ0n) is 10.5. The minimum atomic E-state index is 0.406. The second-order valence-corrected chi connectivity index (χ2v) is 5.36. The number of fused-ring (bicyclic) bond motifs is 1. The Labute approximate surface area is 113 Å². The monoisotopic (exact) mass is 266 g/mol. The molecule has 0 radical (unpaired) electrons. The van der Waals surface area contributed by atoms with E-state index < -0.39 is 0 Å². The van der Waals surface area contributed by atoms with E-state index in [-0.39, 0.29) is 0 Å². The predicted molar refractivity (Wildman–Crippen MR) is 73.1 cm³/mol. The highest BCUT2D eigenvalue weighted by Gasteiger charge is 2.34. The molecule has 0 aromatic carbocycles. The normalized spacial score (nSPS) is 27.9. The first kappa shape index (κ1) is 12.2. The van der Waals surface area contributed by atoms with Crippen LogP contribution in [0.3, 0.4) is 0 Å². The molecule has 0 spiro atoms. The van der Waals surface area contributed by atoms with E-state index in [2.05, 4.69) is 16.0 Å². The molecule has 1 aliphatic carbocycles. The SMILES string of the molecule is ClCc1cnccc1N1CCOC2CCCCC21. The van der Waals surface area contributed by atoms with Crippen LogP contribution in [0.25, 0.3) is 0 Å². The van der Waals surface area contributed by atoms with Crippen molar-refractivity contribution in [1.29, 1.82) is 0 Å². The van der Waals surface area contributed by atoms with Gasteiger partial charge in [0, 0.05) is 30.2 Å². The van der Waals surface area contributed by atoms with Crippen molar-refractivity contribution in [2.24, 2.45) is 0 Å². The lowest BCUT2D eigenvalue weighted by Gasteiger charge is -2.45. The molecule has 0 N–H and O–H groups in total. The number of ether oxygens (including phenoxy) is 1. The average Bonchev–Trinajstić information content (AvgIpc) is 2.46. The van der Waals surface area contributed by atoms with Crippen molar-refractivity contribution in [3.8, 4) is 0 Å². The molecule has 2 aliphatic rings. The molecular weight excluding hydrogens is 248 g/mol. The molecule has 2 unspecified atom stereocenters. The van der Waals surface area contributed by atoms with Gasteiger partial charge < -0.3 is 9.64 Å². The molecule has 2 fully saturated rings. The summed E-state index contributed by atoms with van der Waals surface area (Å²) in [5, 5.41) is 0. The molecule has 1 saturated heterocycles. The lowest BCUT2D eigenvalue weighted by molar-refractivity contribution is -0.00872. The number of pyridine rings is 1. The number of morpholine rings is 1. The summed E-state index contributed by atoms with van der Waals surface area (Å²) in [5.41, 5.74) is 2.38. The van der Waals surface area contributed by atoms with Crippen LogP contribution in [-0.2, 0) is 10.6 Å². The van der Waals surface area contributed by atoms with E-state index in [1.165, 1.54) is 31.4 Å². The fourth-order valence-electron chi connectivity index (χ4n) is 3.20. The largest absolute Gasteiger partial charge is 0.374 e. The van der Waals surface area contributed by atoms with Gasteiger partial charge in [-0.3, -0.25) is 4.98 Å². The van der Waals surface area contributed by atoms with Crippen LogP contribution in [0, 0.1) is 0 Å². The summed E-state index contributed by atoms with van der Waals surface area (Å²) >= 11 is 6.03. The van der Waals surface area contributed by atoms with Gasteiger partial charge in [0.05, 0.1) is 24.6 Å². The van der Waals surface area contributed by atoms with Gasteiger partial charge in [-0.2, -0.15) is 0 Å². The zero-order valence-corrected chi connectivity index (χ0v) is 11.3. The molecule has 4 heteroatoms. The van der Waals surface area contributed by atoms with Gasteiger partial charge in [0.15, 0.2) is 0 Å². The third-order valence-electron chi connectivity index (χ3n) is 4.06. The van der Waals surface area contributed by atoms with Crippen LogP contribution in [-0.4, -0.2) is 30.3 Å². The number of halogens is 1. The second kappa shape index (κ2) is 5.45. The molecule has 1 aromatic rings. The van der Waals surface area contributed by atoms with Crippen molar-refractivity contribution in [1.82, 2.24) is 4.98 Å². The van der Waals surface area contributed by atoms with E-state index >= 15 is 0 Å². The molecule has 18 heavy (non-hydrogen) atoms. The lowest BCUT2D eigenvalue weighted by atomic mass is 9.89. The smallest absolute Gasteiger partial charge is 0.0779 e. The Kier molecular flexibility index (Phi) is 3.71.